The zero-order valence-electron chi connectivity index (χ0n) is 29.5. The minimum atomic E-state index is 0.0504. The molecule has 0 amide bonds. The topological polar surface area (TPSA) is 3.24 Å². The van der Waals surface area contributed by atoms with Gasteiger partial charge in [0.05, 0.1) is 0 Å². The van der Waals surface area contributed by atoms with E-state index in [1.807, 2.05) is 11.3 Å². The maximum absolute atomic E-state index is 2.44. The molecule has 0 aliphatic heterocycles. The molecule has 1 nitrogen and oxygen atoms in total. The van der Waals surface area contributed by atoms with E-state index < -0.39 is 0 Å². The zero-order valence-corrected chi connectivity index (χ0v) is 30.4. The average molecular weight is 690 g/mol. The molecule has 0 radical (unpaired) electrons. The number of thiophene rings is 1. The van der Waals surface area contributed by atoms with Crippen LogP contribution in [-0.2, 0) is 5.41 Å². The van der Waals surface area contributed by atoms with Crippen LogP contribution in [0.1, 0.15) is 56.1 Å². The quantitative estimate of drug-likeness (QED) is 0.161. The smallest absolute Gasteiger partial charge is 0.0476 e. The van der Waals surface area contributed by atoms with Gasteiger partial charge >= 0.3 is 0 Å². The van der Waals surface area contributed by atoms with Gasteiger partial charge in [-0.3, -0.25) is 0 Å². The molecule has 52 heavy (non-hydrogen) atoms. The summed E-state index contributed by atoms with van der Waals surface area (Å²) in [5, 5.41) is 2.65. The molecule has 9 rings (SSSR count). The molecule has 8 aromatic rings. The first kappa shape index (κ1) is 32.5. The Morgan fingerprint density at radius 1 is 0.404 bits per heavy atom. The molecule has 7 aromatic carbocycles. The van der Waals surface area contributed by atoms with Gasteiger partial charge in [0.2, 0.25) is 0 Å². The lowest BCUT2D eigenvalue weighted by Gasteiger charge is -2.37. The predicted molar refractivity (Wildman–Crippen MR) is 224 cm³/mol. The summed E-state index contributed by atoms with van der Waals surface area (Å²) < 4.78 is 2.62. The molecule has 0 saturated heterocycles. The van der Waals surface area contributed by atoms with Gasteiger partial charge in [0.1, 0.15) is 0 Å². The Bertz CT molecular complexity index is 2400. The highest BCUT2D eigenvalue weighted by Gasteiger charge is 2.34. The van der Waals surface area contributed by atoms with Crippen molar-refractivity contribution >= 4 is 48.6 Å². The third-order valence-electron chi connectivity index (χ3n) is 11.3. The van der Waals surface area contributed by atoms with Gasteiger partial charge in [-0.1, -0.05) is 166 Å². The number of rotatable bonds is 7. The summed E-state index contributed by atoms with van der Waals surface area (Å²) in [5.41, 5.74) is 11.5. The lowest BCUT2D eigenvalue weighted by atomic mass is 9.67. The second kappa shape index (κ2) is 14.3. The van der Waals surface area contributed by atoms with E-state index in [-0.39, 0.29) is 5.41 Å². The second-order valence-electron chi connectivity index (χ2n) is 14.3. The molecule has 1 aliphatic carbocycles. The molecule has 0 N–H and O–H groups in total. The van der Waals surface area contributed by atoms with Gasteiger partial charge in [0.15, 0.2) is 0 Å². The van der Waals surface area contributed by atoms with E-state index in [2.05, 4.69) is 181 Å². The second-order valence-corrected chi connectivity index (χ2v) is 15.4. The zero-order chi connectivity index (χ0) is 34.7. The Balaban J connectivity index is 1.16. The van der Waals surface area contributed by atoms with Crippen molar-refractivity contribution in [2.24, 2.45) is 0 Å². The Hall–Kier alpha value is -5.44. The van der Waals surface area contributed by atoms with Gasteiger partial charge in [-0.15, -0.1) is 11.3 Å². The van der Waals surface area contributed by atoms with Crippen molar-refractivity contribution in [2.45, 2.75) is 50.4 Å². The van der Waals surface area contributed by atoms with Crippen molar-refractivity contribution in [3.8, 4) is 22.3 Å². The van der Waals surface area contributed by atoms with Gasteiger partial charge in [-0.2, -0.15) is 0 Å². The van der Waals surface area contributed by atoms with Gasteiger partial charge in [-0.05, 0) is 88.7 Å². The molecule has 2 heteroatoms. The third kappa shape index (κ3) is 6.12. The first-order chi connectivity index (χ1) is 25.8. The largest absolute Gasteiger partial charge is 0.310 e. The lowest BCUT2D eigenvalue weighted by molar-refractivity contribution is 0.366. The van der Waals surface area contributed by atoms with E-state index in [0.717, 1.165) is 5.69 Å². The van der Waals surface area contributed by atoms with Crippen molar-refractivity contribution in [2.75, 3.05) is 4.90 Å². The van der Waals surface area contributed by atoms with Crippen LogP contribution in [-0.4, -0.2) is 0 Å². The van der Waals surface area contributed by atoms with Gasteiger partial charge in [0.25, 0.3) is 0 Å². The average Bonchev–Trinajstić information content (AvgIpc) is 3.58. The Labute approximate surface area is 311 Å². The predicted octanol–water partition coefficient (Wildman–Crippen LogP) is 14.9. The van der Waals surface area contributed by atoms with Crippen LogP contribution in [0.4, 0.5) is 17.1 Å². The van der Waals surface area contributed by atoms with E-state index in [0.29, 0.717) is 0 Å². The highest BCUT2D eigenvalue weighted by atomic mass is 32.1. The maximum atomic E-state index is 2.44. The lowest BCUT2D eigenvalue weighted by Crippen LogP contribution is -2.29. The summed E-state index contributed by atoms with van der Waals surface area (Å²) >= 11 is 1.89. The summed E-state index contributed by atoms with van der Waals surface area (Å²) in [6.07, 6.45) is 8.97. The first-order valence-electron chi connectivity index (χ1n) is 18.9. The fraction of sp³-hybridized carbons (Fsp3) is 0.160. The van der Waals surface area contributed by atoms with Crippen molar-refractivity contribution in [1.82, 2.24) is 0 Å². The van der Waals surface area contributed by atoms with E-state index in [4.69, 9.17) is 0 Å². The summed E-state index contributed by atoms with van der Waals surface area (Å²) in [5.74, 6) is 0. The van der Waals surface area contributed by atoms with Crippen LogP contribution >= 0.6 is 11.3 Å². The molecular formula is C50H43NS. The first-order valence-corrected chi connectivity index (χ1v) is 19.7. The van der Waals surface area contributed by atoms with Crippen molar-refractivity contribution in [3.05, 3.63) is 187 Å². The van der Waals surface area contributed by atoms with E-state index >= 15 is 0 Å². The number of hydrogen-bond acceptors (Lipinski definition) is 2. The van der Waals surface area contributed by atoms with E-state index in [1.165, 1.54) is 110 Å². The van der Waals surface area contributed by atoms with Crippen LogP contribution in [0.3, 0.4) is 0 Å². The number of fused-ring (bicyclic) bond motifs is 3. The van der Waals surface area contributed by atoms with Crippen molar-refractivity contribution < 1.29 is 0 Å². The molecule has 1 heterocycles. The Morgan fingerprint density at radius 2 is 0.942 bits per heavy atom. The van der Waals surface area contributed by atoms with Gasteiger partial charge in [0, 0.05) is 42.6 Å². The fourth-order valence-electron chi connectivity index (χ4n) is 8.63. The van der Waals surface area contributed by atoms with Crippen LogP contribution in [0.25, 0.3) is 42.4 Å². The van der Waals surface area contributed by atoms with Crippen LogP contribution in [0, 0.1) is 0 Å². The summed E-state index contributed by atoms with van der Waals surface area (Å²) in [6, 6.07) is 65.2. The number of nitrogens with zero attached hydrogens (tertiary/aromatic N) is 1. The summed E-state index contributed by atoms with van der Waals surface area (Å²) in [4.78, 5) is 2.44. The highest BCUT2D eigenvalue weighted by molar-refractivity contribution is 7.26. The minimum Gasteiger partial charge on any atom is -0.310 e. The van der Waals surface area contributed by atoms with Crippen molar-refractivity contribution in [3.63, 3.8) is 0 Å². The monoisotopic (exact) mass is 689 g/mol. The van der Waals surface area contributed by atoms with Crippen LogP contribution in [0.15, 0.2) is 176 Å². The molecular weight excluding hydrogens is 647 g/mol. The van der Waals surface area contributed by atoms with Crippen LogP contribution in [0.2, 0.25) is 0 Å². The van der Waals surface area contributed by atoms with Crippen LogP contribution in [0.5, 0.6) is 0 Å². The SMILES string of the molecule is c1ccc(-c2ccc(N(c3ccc(C4(c5ccccc5)CCCCCCC4)cc3)c3ccc4c(c3)sc3cccc(-c5ccccc5)c34)cc2)cc1. The molecule has 1 aliphatic rings. The van der Waals surface area contributed by atoms with Crippen LogP contribution < -0.4 is 4.90 Å². The Morgan fingerprint density at radius 3 is 1.62 bits per heavy atom. The number of anilines is 3. The van der Waals surface area contributed by atoms with Gasteiger partial charge < -0.3 is 4.90 Å². The number of hydrogen-bond donors (Lipinski definition) is 0. The molecule has 0 unspecified atom stereocenters. The number of benzene rings is 7. The molecule has 1 fully saturated rings. The van der Waals surface area contributed by atoms with Crippen molar-refractivity contribution in [1.29, 1.82) is 0 Å². The molecule has 0 atom stereocenters. The summed E-state index contributed by atoms with van der Waals surface area (Å²) in [7, 11) is 0. The molecule has 254 valence electrons. The third-order valence-corrected chi connectivity index (χ3v) is 12.4. The highest BCUT2D eigenvalue weighted by Crippen LogP contribution is 2.46. The molecule has 1 aromatic heterocycles. The van der Waals surface area contributed by atoms with Gasteiger partial charge in [-0.25, -0.2) is 0 Å². The normalized spacial score (nSPS) is 14.5. The standard InChI is InChI=1S/C50H43NS/c1-2-13-34-50(35-14-3-1,40-20-11-6-12-21-40)41-26-30-43(31-27-41)51(42-28-24-38(25-29-42)37-16-7-4-8-17-37)44-32-33-46-48(36-44)52-47-23-15-22-45(49(46)47)39-18-9-5-10-19-39/h4-12,15-33,36H,1-3,13-14,34-35H2. The van der Waals surface area contributed by atoms with E-state index in [1.54, 1.807) is 0 Å². The molecule has 0 spiro atoms. The molecule has 0 bridgehead atoms. The summed E-state index contributed by atoms with van der Waals surface area (Å²) in [6.45, 7) is 0. The molecule has 1 saturated carbocycles. The maximum Gasteiger partial charge on any atom is 0.0476 e. The van der Waals surface area contributed by atoms with E-state index in [9.17, 15) is 0 Å². The Kier molecular flexibility index (Phi) is 8.92. The minimum absolute atomic E-state index is 0.0504. The fourth-order valence-corrected chi connectivity index (χ4v) is 9.80.